The number of imidazole rings is 1. The average Bonchev–Trinajstić information content (AvgIpc) is 2.80. The van der Waals surface area contributed by atoms with E-state index in [1.54, 1.807) is 11.3 Å². The van der Waals surface area contributed by atoms with Crippen molar-refractivity contribution in [2.45, 2.75) is 26.3 Å². The van der Waals surface area contributed by atoms with Crippen LogP contribution in [0.3, 0.4) is 0 Å². The predicted octanol–water partition coefficient (Wildman–Crippen LogP) is 2.74. The molecule has 0 radical (unpaired) electrons. The topological polar surface area (TPSA) is 30.7 Å². The molecule has 0 saturated heterocycles. The molecule has 0 saturated carbocycles. The molecule has 5 heteroatoms. The zero-order valence-electron chi connectivity index (χ0n) is 8.70. The minimum atomic E-state index is 0.485. The van der Waals surface area contributed by atoms with Crippen LogP contribution in [-0.2, 0) is 12.4 Å². The van der Waals surface area contributed by atoms with E-state index in [1.165, 1.54) is 5.69 Å². The quantitative estimate of drug-likeness (QED) is 0.774. The molecule has 2 rings (SSSR count). The van der Waals surface area contributed by atoms with Crippen molar-refractivity contribution in [2.75, 3.05) is 0 Å². The normalized spacial score (nSPS) is 10.9. The molecule has 0 amide bonds. The highest BCUT2D eigenvalue weighted by Gasteiger charge is 2.05. The summed E-state index contributed by atoms with van der Waals surface area (Å²) >= 11 is 7.35. The highest BCUT2D eigenvalue weighted by molar-refractivity contribution is 7.09. The summed E-state index contributed by atoms with van der Waals surface area (Å²) in [7, 11) is 0. The predicted molar refractivity (Wildman–Crippen MR) is 62.5 cm³/mol. The number of hydrogen-bond donors (Lipinski definition) is 0. The Bertz CT molecular complexity index is 461. The van der Waals surface area contributed by atoms with Crippen LogP contribution >= 0.6 is 22.9 Å². The Labute approximate surface area is 97.8 Å². The summed E-state index contributed by atoms with van der Waals surface area (Å²) < 4.78 is 2.10. The van der Waals surface area contributed by atoms with Gasteiger partial charge >= 0.3 is 0 Å². The fourth-order valence-corrected chi connectivity index (χ4v) is 2.35. The second kappa shape index (κ2) is 4.33. The number of aryl methyl sites for hydroxylation is 1. The molecule has 2 heterocycles. The Morgan fingerprint density at radius 1 is 1.47 bits per heavy atom. The molecule has 0 aliphatic heterocycles. The van der Waals surface area contributed by atoms with Crippen LogP contribution in [-0.4, -0.2) is 14.5 Å². The van der Waals surface area contributed by atoms with Crippen molar-refractivity contribution in [1.82, 2.24) is 14.5 Å². The molecule has 0 aliphatic carbocycles. The zero-order valence-corrected chi connectivity index (χ0v) is 10.3. The van der Waals surface area contributed by atoms with Gasteiger partial charge in [0.25, 0.3) is 0 Å². The monoisotopic (exact) mass is 241 g/mol. The van der Waals surface area contributed by atoms with Gasteiger partial charge in [-0.1, -0.05) is 0 Å². The summed E-state index contributed by atoms with van der Waals surface area (Å²) in [6.45, 7) is 4.87. The number of halogens is 1. The van der Waals surface area contributed by atoms with Gasteiger partial charge in [-0.25, -0.2) is 9.97 Å². The molecule has 15 heavy (non-hydrogen) atoms. The van der Waals surface area contributed by atoms with Gasteiger partial charge in [-0.3, -0.25) is 0 Å². The molecule has 0 aliphatic rings. The van der Waals surface area contributed by atoms with Crippen LogP contribution in [0, 0.1) is 13.8 Å². The van der Waals surface area contributed by atoms with Crippen molar-refractivity contribution in [3.8, 4) is 0 Å². The molecule has 0 spiro atoms. The number of aromatic nitrogens is 3. The minimum Gasteiger partial charge on any atom is -0.328 e. The second-order valence-electron chi connectivity index (χ2n) is 3.41. The highest BCUT2D eigenvalue weighted by atomic mass is 35.5. The number of hydrogen-bond acceptors (Lipinski definition) is 3. The first kappa shape index (κ1) is 10.6. The van der Waals surface area contributed by atoms with Crippen LogP contribution in [0.4, 0.5) is 0 Å². The van der Waals surface area contributed by atoms with E-state index < -0.39 is 0 Å². The molecular weight excluding hydrogens is 230 g/mol. The Morgan fingerprint density at radius 2 is 2.27 bits per heavy atom. The molecule has 80 valence electrons. The molecule has 0 unspecified atom stereocenters. The van der Waals surface area contributed by atoms with E-state index in [1.807, 2.05) is 18.6 Å². The first-order chi connectivity index (χ1) is 7.20. The second-order valence-corrected chi connectivity index (χ2v) is 4.62. The van der Waals surface area contributed by atoms with Crippen LogP contribution in [0.5, 0.6) is 0 Å². The van der Waals surface area contributed by atoms with Gasteiger partial charge in [0.2, 0.25) is 0 Å². The average molecular weight is 242 g/mol. The van der Waals surface area contributed by atoms with E-state index in [4.69, 9.17) is 11.6 Å². The maximum atomic E-state index is 5.70. The van der Waals surface area contributed by atoms with Crippen molar-refractivity contribution in [1.29, 1.82) is 0 Å². The lowest BCUT2D eigenvalue weighted by atomic mass is 10.4. The van der Waals surface area contributed by atoms with Gasteiger partial charge in [0.1, 0.15) is 5.01 Å². The third-order valence-corrected chi connectivity index (χ3v) is 3.54. The van der Waals surface area contributed by atoms with Crippen LogP contribution in [0.2, 0.25) is 0 Å². The first-order valence-electron chi connectivity index (χ1n) is 4.68. The third-order valence-electron chi connectivity index (χ3n) is 2.39. The highest BCUT2D eigenvalue weighted by Crippen LogP contribution is 2.14. The molecule has 2 aromatic rings. The van der Waals surface area contributed by atoms with Crippen molar-refractivity contribution in [3.05, 3.63) is 33.8 Å². The van der Waals surface area contributed by atoms with E-state index in [9.17, 15) is 0 Å². The van der Waals surface area contributed by atoms with E-state index in [-0.39, 0.29) is 0 Å². The van der Waals surface area contributed by atoms with Crippen molar-refractivity contribution in [3.63, 3.8) is 0 Å². The summed E-state index contributed by atoms with van der Waals surface area (Å²) in [5, 5.41) is 3.08. The van der Waals surface area contributed by atoms with Gasteiger partial charge in [0, 0.05) is 11.1 Å². The van der Waals surface area contributed by atoms with Crippen LogP contribution < -0.4 is 0 Å². The molecule has 0 atom stereocenters. The number of nitrogens with zero attached hydrogens (tertiary/aromatic N) is 3. The fourth-order valence-electron chi connectivity index (χ4n) is 1.33. The van der Waals surface area contributed by atoms with Crippen molar-refractivity contribution >= 4 is 22.9 Å². The van der Waals surface area contributed by atoms with E-state index in [0.717, 1.165) is 22.9 Å². The molecule has 0 fully saturated rings. The summed E-state index contributed by atoms with van der Waals surface area (Å²) in [5.41, 5.74) is 3.22. The fraction of sp³-hybridized carbons (Fsp3) is 0.400. The van der Waals surface area contributed by atoms with Gasteiger partial charge in [0.15, 0.2) is 0 Å². The summed E-state index contributed by atoms with van der Waals surface area (Å²) in [4.78, 5) is 8.67. The van der Waals surface area contributed by atoms with Crippen molar-refractivity contribution in [2.24, 2.45) is 0 Å². The molecule has 0 bridgehead atoms. The smallest absolute Gasteiger partial charge is 0.113 e. The summed E-state index contributed by atoms with van der Waals surface area (Å²) in [6.07, 6.45) is 1.85. The van der Waals surface area contributed by atoms with Gasteiger partial charge < -0.3 is 4.57 Å². The number of alkyl halides is 1. The SMILES string of the molecule is Cc1ncn(Cc2nc(CCl)cs2)c1C. The molecule has 0 aromatic carbocycles. The van der Waals surface area contributed by atoms with Gasteiger partial charge in [-0.2, -0.15) is 0 Å². The lowest BCUT2D eigenvalue weighted by Gasteiger charge is -2.01. The molecule has 3 nitrogen and oxygen atoms in total. The van der Waals surface area contributed by atoms with Gasteiger partial charge in [-0.15, -0.1) is 22.9 Å². The number of thiazole rings is 1. The van der Waals surface area contributed by atoms with E-state index >= 15 is 0 Å². The van der Waals surface area contributed by atoms with E-state index in [2.05, 4.69) is 21.5 Å². The zero-order chi connectivity index (χ0) is 10.8. The number of rotatable bonds is 3. The van der Waals surface area contributed by atoms with Gasteiger partial charge in [-0.05, 0) is 13.8 Å². The van der Waals surface area contributed by atoms with E-state index in [0.29, 0.717) is 5.88 Å². The first-order valence-corrected chi connectivity index (χ1v) is 6.09. The third kappa shape index (κ3) is 2.21. The van der Waals surface area contributed by atoms with Crippen LogP contribution in [0.1, 0.15) is 22.1 Å². The minimum absolute atomic E-state index is 0.485. The molecule has 0 N–H and O–H groups in total. The van der Waals surface area contributed by atoms with Crippen LogP contribution in [0.25, 0.3) is 0 Å². The maximum Gasteiger partial charge on any atom is 0.113 e. The Kier molecular flexibility index (Phi) is 3.07. The van der Waals surface area contributed by atoms with Gasteiger partial charge in [0.05, 0.1) is 30.1 Å². The largest absolute Gasteiger partial charge is 0.328 e. The maximum absolute atomic E-state index is 5.70. The van der Waals surface area contributed by atoms with Crippen LogP contribution in [0.15, 0.2) is 11.7 Å². The Hall–Kier alpha value is -0.870. The lowest BCUT2D eigenvalue weighted by molar-refractivity contribution is 0.760. The Balaban J connectivity index is 2.18. The molecule has 2 aromatic heterocycles. The molecular formula is C10H12ClN3S. The lowest BCUT2D eigenvalue weighted by Crippen LogP contribution is -2.00. The summed E-state index contributed by atoms with van der Waals surface area (Å²) in [6, 6.07) is 0. The summed E-state index contributed by atoms with van der Waals surface area (Å²) in [5.74, 6) is 0.485. The Morgan fingerprint density at radius 3 is 2.80 bits per heavy atom. The standard InChI is InChI=1S/C10H12ClN3S/c1-7-8(2)14(6-12-7)4-10-13-9(3-11)5-15-10/h5-6H,3-4H2,1-2H3. The van der Waals surface area contributed by atoms with Crippen molar-refractivity contribution < 1.29 is 0 Å².